The minimum absolute atomic E-state index is 0.225. The van der Waals surface area contributed by atoms with Crippen molar-refractivity contribution in [2.45, 2.75) is 45.4 Å². The van der Waals surface area contributed by atoms with Gasteiger partial charge >= 0.3 is 0 Å². The van der Waals surface area contributed by atoms with Crippen LogP contribution in [0.5, 0.6) is 0 Å². The molecule has 0 N–H and O–H groups in total. The van der Waals surface area contributed by atoms with Gasteiger partial charge in [0.05, 0.1) is 22.8 Å². The second kappa shape index (κ2) is 12.4. The molecular formula is C47H36N2O2. The lowest BCUT2D eigenvalue weighted by Gasteiger charge is -2.21. The molecule has 9 rings (SSSR count). The molecule has 246 valence electrons. The van der Waals surface area contributed by atoms with E-state index in [1.807, 2.05) is 60.7 Å². The molecule has 0 unspecified atom stereocenters. The van der Waals surface area contributed by atoms with Gasteiger partial charge in [-0.2, -0.15) is 5.26 Å². The molecule has 0 spiro atoms. The normalized spacial score (nSPS) is 13.0. The standard InChI is InChI=1S/C47H36N2O2/c1-2-3-4-5-6-11-27-49-46(50)44-40(35-22-12-17-29-15-7-9-19-32(29)35)42-37-24-14-21-34-31(28-48)25-26-38(39(34)37)43(42)41(45(44)47(49)51)36-23-13-18-30-16-8-10-20-33(30)36/h7-10,12-26H,2-6,11,27H2,1H3. The minimum Gasteiger partial charge on any atom is -0.274 e. The van der Waals surface area contributed by atoms with E-state index in [1.54, 1.807) is 0 Å². The van der Waals surface area contributed by atoms with Crippen molar-refractivity contribution in [2.75, 3.05) is 6.54 Å². The van der Waals surface area contributed by atoms with Crippen LogP contribution in [0.2, 0.25) is 0 Å². The van der Waals surface area contributed by atoms with Gasteiger partial charge in [-0.05, 0) is 72.8 Å². The molecule has 0 fully saturated rings. The Morgan fingerprint density at radius 1 is 0.490 bits per heavy atom. The van der Waals surface area contributed by atoms with E-state index in [2.05, 4.69) is 67.6 Å². The van der Waals surface area contributed by atoms with E-state index < -0.39 is 0 Å². The Morgan fingerprint density at radius 2 is 0.961 bits per heavy atom. The molecule has 0 radical (unpaired) electrons. The quantitative estimate of drug-likeness (QED) is 0.114. The van der Waals surface area contributed by atoms with E-state index in [9.17, 15) is 5.26 Å². The fourth-order valence-corrected chi connectivity index (χ4v) is 8.68. The molecule has 7 aromatic carbocycles. The summed E-state index contributed by atoms with van der Waals surface area (Å²) in [5, 5.41) is 16.2. The number of imide groups is 1. The molecule has 1 aliphatic carbocycles. The van der Waals surface area contributed by atoms with E-state index in [0.29, 0.717) is 23.2 Å². The third-order valence-electron chi connectivity index (χ3n) is 11.0. The lowest BCUT2D eigenvalue weighted by atomic mass is 9.79. The molecule has 0 bridgehead atoms. The molecule has 0 saturated carbocycles. The third-order valence-corrected chi connectivity index (χ3v) is 11.0. The lowest BCUT2D eigenvalue weighted by Crippen LogP contribution is -2.30. The average molecular weight is 661 g/mol. The first-order valence-corrected chi connectivity index (χ1v) is 18.1. The van der Waals surface area contributed by atoms with Crippen molar-refractivity contribution in [1.29, 1.82) is 5.26 Å². The fraction of sp³-hybridized carbons (Fsp3) is 0.170. The summed E-state index contributed by atoms with van der Waals surface area (Å²) in [5.74, 6) is -0.451. The lowest BCUT2D eigenvalue weighted by molar-refractivity contribution is 0.0652. The number of benzene rings is 7. The summed E-state index contributed by atoms with van der Waals surface area (Å²) in [7, 11) is 0. The van der Waals surface area contributed by atoms with E-state index in [0.717, 1.165) is 96.1 Å². The molecule has 4 nitrogen and oxygen atoms in total. The number of hydrogen-bond acceptors (Lipinski definition) is 3. The van der Waals surface area contributed by atoms with E-state index in [-0.39, 0.29) is 11.8 Å². The highest BCUT2D eigenvalue weighted by Gasteiger charge is 2.45. The van der Waals surface area contributed by atoms with Gasteiger partial charge in [0.25, 0.3) is 11.8 Å². The zero-order valence-corrected chi connectivity index (χ0v) is 28.6. The van der Waals surface area contributed by atoms with Crippen molar-refractivity contribution in [3.63, 3.8) is 0 Å². The number of unbranched alkanes of at least 4 members (excludes halogenated alkanes) is 5. The summed E-state index contributed by atoms with van der Waals surface area (Å²) in [4.78, 5) is 31.6. The average Bonchev–Trinajstić information content (AvgIpc) is 3.63. The van der Waals surface area contributed by atoms with Crippen LogP contribution < -0.4 is 0 Å². The predicted molar refractivity (Wildman–Crippen MR) is 208 cm³/mol. The molecule has 0 saturated heterocycles. The van der Waals surface area contributed by atoms with Gasteiger partial charge in [-0.15, -0.1) is 0 Å². The van der Waals surface area contributed by atoms with Crippen molar-refractivity contribution in [3.05, 3.63) is 132 Å². The first kappa shape index (κ1) is 31.0. The van der Waals surface area contributed by atoms with Crippen molar-refractivity contribution in [3.8, 4) is 50.6 Å². The van der Waals surface area contributed by atoms with Gasteiger partial charge in [0.1, 0.15) is 0 Å². The number of nitrogens with zero attached hydrogens (tertiary/aromatic N) is 2. The maximum Gasteiger partial charge on any atom is 0.262 e. The highest BCUT2D eigenvalue weighted by Crippen LogP contribution is 2.59. The second-order valence-electron chi connectivity index (χ2n) is 13.8. The Labute approximate surface area is 297 Å². The zero-order valence-electron chi connectivity index (χ0n) is 28.6. The Balaban J connectivity index is 1.41. The summed E-state index contributed by atoms with van der Waals surface area (Å²) in [6.07, 6.45) is 6.39. The molecule has 0 atom stereocenters. The molecule has 7 aromatic rings. The maximum atomic E-state index is 15.0. The van der Waals surface area contributed by atoms with Crippen LogP contribution in [-0.2, 0) is 0 Å². The number of hydrogen-bond donors (Lipinski definition) is 0. The fourth-order valence-electron chi connectivity index (χ4n) is 8.68. The number of amides is 2. The van der Waals surface area contributed by atoms with Crippen LogP contribution in [-0.4, -0.2) is 23.3 Å². The van der Waals surface area contributed by atoms with Gasteiger partial charge < -0.3 is 0 Å². The summed E-state index contributed by atoms with van der Waals surface area (Å²) in [6, 6.07) is 41.4. The summed E-state index contributed by atoms with van der Waals surface area (Å²) in [6.45, 7) is 2.60. The second-order valence-corrected chi connectivity index (χ2v) is 13.8. The monoisotopic (exact) mass is 660 g/mol. The van der Waals surface area contributed by atoms with Crippen molar-refractivity contribution >= 4 is 44.1 Å². The van der Waals surface area contributed by atoms with Crippen molar-refractivity contribution in [2.24, 2.45) is 0 Å². The predicted octanol–water partition coefficient (Wildman–Crippen LogP) is 12.0. The van der Waals surface area contributed by atoms with Gasteiger partial charge in [-0.1, -0.05) is 148 Å². The number of rotatable bonds is 9. The topological polar surface area (TPSA) is 61.2 Å². The molecule has 2 amide bonds. The maximum absolute atomic E-state index is 15.0. The van der Waals surface area contributed by atoms with Gasteiger partial charge in [0, 0.05) is 23.1 Å². The van der Waals surface area contributed by atoms with Crippen LogP contribution in [0.3, 0.4) is 0 Å². The molecular weight excluding hydrogens is 625 g/mol. The van der Waals surface area contributed by atoms with E-state index in [1.165, 1.54) is 24.2 Å². The highest BCUT2D eigenvalue weighted by molar-refractivity contribution is 6.34. The van der Waals surface area contributed by atoms with Crippen LogP contribution in [0.25, 0.3) is 76.8 Å². The Bertz CT molecular complexity index is 2500. The molecule has 1 heterocycles. The Hall–Kier alpha value is -6.05. The largest absolute Gasteiger partial charge is 0.274 e. The Morgan fingerprint density at radius 3 is 1.57 bits per heavy atom. The van der Waals surface area contributed by atoms with E-state index >= 15 is 9.59 Å². The van der Waals surface area contributed by atoms with Crippen molar-refractivity contribution in [1.82, 2.24) is 4.90 Å². The first-order chi connectivity index (χ1) is 25.1. The van der Waals surface area contributed by atoms with Crippen LogP contribution in [0.15, 0.2) is 115 Å². The van der Waals surface area contributed by atoms with Gasteiger partial charge in [0.2, 0.25) is 0 Å². The number of carbonyl (C=O) groups excluding carboxylic acids is 2. The third kappa shape index (κ3) is 4.65. The number of fused-ring (bicyclic) bond motifs is 6. The number of nitriles is 1. The highest BCUT2D eigenvalue weighted by atomic mass is 16.2. The van der Waals surface area contributed by atoms with Crippen LogP contribution >= 0.6 is 0 Å². The van der Waals surface area contributed by atoms with Gasteiger partial charge in [-0.3, -0.25) is 14.5 Å². The first-order valence-electron chi connectivity index (χ1n) is 18.1. The van der Waals surface area contributed by atoms with E-state index in [4.69, 9.17) is 0 Å². The zero-order chi connectivity index (χ0) is 34.6. The Kier molecular flexibility index (Phi) is 7.51. The molecule has 4 heteroatoms. The number of carbonyl (C=O) groups is 2. The molecule has 0 aromatic heterocycles. The van der Waals surface area contributed by atoms with Crippen LogP contribution in [0, 0.1) is 11.3 Å². The van der Waals surface area contributed by atoms with Crippen LogP contribution in [0.4, 0.5) is 0 Å². The van der Waals surface area contributed by atoms with Crippen LogP contribution in [0.1, 0.15) is 71.7 Å². The smallest absolute Gasteiger partial charge is 0.262 e. The SMILES string of the molecule is CCCCCCCCN1C(=O)c2c(c(-c3cccc4ccccc34)c3c(c2-c2cccc4ccccc24)-c2cccc4c(C#N)ccc-3c24)C1=O. The summed E-state index contributed by atoms with van der Waals surface area (Å²) in [5.41, 5.74) is 8.88. The molecule has 2 aliphatic rings. The summed E-state index contributed by atoms with van der Waals surface area (Å²) < 4.78 is 0. The summed E-state index contributed by atoms with van der Waals surface area (Å²) >= 11 is 0. The minimum atomic E-state index is -0.225. The van der Waals surface area contributed by atoms with Gasteiger partial charge in [-0.25, -0.2) is 0 Å². The molecule has 1 aliphatic heterocycles. The van der Waals surface area contributed by atoms with Crippen molar-refractivity contribution < 1.29 is 9.59 Å². The van der Waals surface area contributed by atoms with Gasteiger partial charge in [0.15, 0.2) is 0 Å². The molecule has 51 heavy (non-hydrogen) atoms.